The number of hydrogen-bond acceptors (Lipinski definition) is 5. The summed E-state index contributed by atoms with van der Waals surface area (Å²) in [4.78, 5) is 13.1. The van der Waals surface area contributed by atoms with Crippen LogP contribution in [0.4, 0.5) is 4.39 Å². The molecule has 174 valence electrons. The van der Waals surface area contributed by atoms with Crippen LogP contribution in [0.3, 0.4) is 0 Å². The molecule has 0 saturated carbocycles. The highest BCUT2D eigenvalue weighted by atomic mass is 19.1. The minimum atomic E-state index is -0.703. The van der Waals surface area contributed by atoms with Crippen LogP contribution < -0.4 is 9.47 Å². The predicted molar refractivity (Wildman–Crippen MR) is 120 cm³/mol. The molecule has 3 atom stereocenters. The number of methoxy groups -OCH3 is 3. The molecular weight excluding hydrogens is 411 g/mol. The highest BCUT2D eigenvalue weighted by Gasteiger charge is 2.54. The molecule has 2 aromatic rings. The standard InChI is InChI=1S/C26H33FO5/c1-6-26(7-2,25(28)31-5)23-19(14-17-8-13-21(29-3)22(15-17)30-4)16-32-24(23)18-9-11-20(27)12-10-18/h8-13,15,19,23-24H,6-7,14,16H2,1-5H3/t19-,23-,24+/m0/s1. The van der Waals surface area contributed by atoms with E-state index in [2.05, 4.69) is 0 Å². The van der Waals surface area contributed by atoms with Gasteiger partial charge in [0.15, 0.2) is 11.5 Å². The van der Waals surface area contributed by atoms with Gasteiger partial charge in [0, 0.05) is 5.92 Å². The zero-order valence-corrected chi connectivity index (χ0v) is 19.5. The van der Waals surface area contributed by atoms with Gasteiger partial charge in [-0.3, -0.25) is 4.79 Å². The van der Waals surface area contributed by atoms with Gasteiger partial charge in [0.25, 0.3) is 0 Å². The molecule has 3 rings (SSSR count). The summed E-state index contributed by atoms with van der Waals surface area (Å²) in [6, 6.07) is 12.3. The smallest absolute Gasteiger partial charge is 0.312 e. The lowest BCUT2D eigenvalue weighted by Crippen LogP contribution is -2.43. The third kappa shape index (κ3) is 4.46. The van der Waals surface area contributed by atoms with Crippen molar-refractivity contribution in [1.82, 2.24) is 0 Å². The maximum absolute atomic E-state index is 13.6. The van der Waals surface area contributed by atoms with Gasteiger partial charge in [-0.15, -0.1) is 0 Å². The molecule has 0 unspecified atom stereocenters. The van der Waals surface area contributed by atoms with Gasteiger partial charge in [0.2, 0.25) is 0 Å². The average Bonchev–Trinajstić information content (AvgIpc) is 3.24. The molecule has 0 aromatic heterocycles. The van der Waals surface area contributed by atoms with Crippen molar-refractivity contribution in [2.75, 3.05) is 27.9 Å². The Balaban J connectivity index is 2.02. The number of benzene rings is 2. The predicted octanol–water partition coefficient (Wildman–Crippen LogP) is 5.37. The fraction of sp³-hybridized carbons (Fsp3) is 0.500. The molecule has 5 nitrogen and oxygen atoms in total. The van der Waals surface area contributed by atoms with Crippen molar-refractivity contribution in [2.45, 2.75) is 39.2 Å². The Kier molecular flexibility index (Phi) is 7.77. The van der Waals surface area contributed by atoms with E-state index in [4.69, 9.17) is 18.9 Å². The van der Waals surface area contributed by atoms with Crippen molar-refractivity contribution in [3.05, 3.63) is 59.4 Å². The molecule has 0 amide bonds. The van der Waals surface area contributed by atoms with E-state index >= 15 is 0 Å². The third-order valence-electron chi connectivity index (χ3n) is 6.96. The summed E-state index contributed by atoms with van der Waals surface area (Å²) in [5.41, 5.74) is 1.25. The van der Waals surface area contributed by atoms with Crippen molar-refractivity contribution in [3.8, 4) is 11.5 Å². The van der Waals surface area contributed by atoms with Crippen molar-refractivity contribution in [3.63, 3.8) is 0 Å². The van der Waals surface area contributed by atoms with Crippen molar-refractivity contribution in [2.24, 2.45) is 17.3 Å². The highest BCUT2D eigenvalue weighted by molar-refractivity contribution is 5.77. The zero-order valence-electron chi connectivity index (χ0n) is 19.5. The number of hydrogen-bond donors (Lipinski definition) is 0. The van der Waals surface area contributed by atoms with Gasteiger partial charge >= 0.3 is 5.97 Å². The molecule has 1 heterocycles. The highest BCUT2D eigenvalue weighted by Crippen LogP contribution is 2.53. The van der Waals surface area contributed by atoms with Crippen LogP contribution in [-0.2, 0) is 20.7 Å². The fourth-order valence-corrected chi connectivity index (χ4v) is 5.22. The molecule has 6 heteroatoms. The van der Waals surface area contributed by atoms with E-state index in [1.165, 1.54) is 19.2 Å². The first-order chi connectivity index (χ1) is 15.4. The van der Waals surface area contributed by atoms with Gasteiger partial charge in [-0.1, -0.05) is 32.0 Å². The minimum absolute atomic E-state index is 0.0714. The van der Waals surface area contributed by atoms with Gasteiger partial charge in [0.05, 0.1) is 39.5 Å². The van der Waals surface area contributed by atoms with E-state index in [-0.39, 0.29) is 29.7 Å². The average molecular weight is 445 g/mol. The number of ether oxygens (including phenoxy) is 4. The number of carbonyl (C=O) groups is 1. The second-order valence-electron chi connectivity index (χ2n) is 8.34. The Morgan fingerprint density at radius 1 is 1.03 bits per heavy atom. The summed E-state index contributed by atoms with van der Waals surface area (Å²) in [5, 5.41) is 0. The summed E-state index contributed by atoms with van der Waals surface area (Å²) in [6.45, 7) is 4.54. The number of halogens is 1. The van der Waals surface area contributed by atoms with Crippen LogP contribution in [0.1, 0.15) is 43.9 Å². The van der Waals surface area contributed by atoms with E-state index in [9.17, 15) is 9.18 Å². The number of esters is 1. The summed E-state index contributed by atoms with van der Waals surface area (Å²) < 4.78 is 36.0. The molecule has 0 spiro atoms. The third-order valence-corrected chi connectivity index (χ3v) is 6.96. The van der Waals surface area contributed by atoms with Crippen molar-refractivity contribution in [1.29, 1.82) is 0 Å². The minimum Gasteiger partial charge on any atom is -0.493 e. The fourth-order valence-electron chi connectivity index (χ4n) is 5.22. The summed E-state index contributed by atoms with van der Waals surface area (Å²) in [5.74, 6) is 0.773. The van der Waals surface area contributed by atoms with E-state index in [0.717, 1.165) is 11.1 Å². The Bertz CT molecular complexity index is 907. The van der Waals surface area contributed by atoms with E-state index < -0.39 is 5.41 Å². The topological polar surface area (TPSA) is 54.0 Å². The van der Waals surface area contributed by atoms with Gasteiger partial charge in [-0.25, -0.2) is 4.39 Å². The summed E-state index contributed by atoms with van der Waals surface area (Å²) in [7, 11) is 4.66. The summed E-state index contributed by atoms with van der Waals surface area (Å²) in [6.07, 6.45) is 1.65. The normalized spacial score (nSPS) is 20.8. The van der Waals surface area contributed by atoms with Crippen LogP contribution in [0.15, 0.2) is 42.5 Å². The largest absolute Gasteiger partial charge is 0.493 e. The Morgan fingerprint density at radius 2 is 1.69 bits per heavy atom. The van der Waals surface area contributed by atoms with E-state index in [0.29, 0.717) is 37.4 Å². The van der Waals surface area contributed by atoms with Crippen LogP contribution >= 0.6 is 0 Å². The Hall–Kier alpha value is -2.60. The second kappa shape index (κ2) is 10.3. The Morgan fingerprint density at radius 3 is 2.25 bits per heavy atom. The van der Waals surface area contributed by atoms with Gasteiger partial charge in [0.1, 0.15) is 5.82 Å². The second-order valence-corrected chi connectivity index (χ2v) is 8.34. The monoisotopic (exact) mass is 444 g/mol. The van der Waals surface area contributed by atoms with Gasteiger partial charge in [-0.2, -0.15) is 0 Å². The molecule has 0 N–H and O–H groups in total. The molecule has 1 aliphatic rings. The molecule has 0 radical (unpaired) electrons. The van der Waals surface area contributed by atoms with Crippen LogP contribution in [0, 0.1) is 23.1 Å². The number of carbonyl (C=O) groups excluding carboxylic acids is 1. The molecule has 1 fully saturated rings. The van der Waals surface area contributed by atoms with E-state index in [1.54, 1.807) is 26.4 Å². The maximum Gasteiger partial charge on any atom is 0.312 e. The molecule has 2 aromatic carbocycles. The molecule has 1 saturated heterocycles. The lowest BCUT2D eigenvalue weighted by molar-refractivity contribution is -0.160. The zero-order chi connectivity index (χ0) is 23.3. The number of rotatable bonds is 9. The molecule has 32 heavy (non-hydrogen) atoms. The van der Waals surface area contributed by atoms with Crippen LogP contribution in [0.5, 0.6) is 11.5 Å². The lowest BCUT2D eigenvalue weighted by atomic mass is 9.63. The van der Waals surface area contributed by atoms with Gasteiger partial charge < -0.3 is 18.9 Å². The molecule has 0 bridgehead atoms. The SMILES string of the molecule is CCC(CC)(C(=O)OC)[C@H]1[C@@H](Cc2ccc(OC)c(OC)c2)CO[C@@H]1c1ccc(F)cc1. The Labute approximate surface area is 189 Å². The van der Waals surface area contributed by atoms with Crippen molar-refractivity contribution < 1.29 is 28.1 Å². The first-order valence-electron chi connectivity index (χ1n) is 11.1. The van der Waals surface area contributed by atoms with E-state index in [1.807, 2.05) is 32.0 Å². The summed E-state index contributed by atoms with van der Waals surface area (Å²) >= 11 is 0. The molecular formula is C26H33FO5. The lowest BCUT2D eigenvalue weighted by Gasteiger charge is -2.40. The van der Waals surface area contributed by atoms with Crippen molar-refractivity contribution >= 4 is 5.97 Å². The quantitative estimate of drug-likeness (QED) is 0.487. The first kappa shape index (κ1) is 24.1. The van der Waals surface area contributed by atoms with Crippen LogP contribution in [-0.4, -0.2) is 33.9 Å². The first-order valence-corrected chi connectivity index (χ1v) is 11.1. The molecule has 1 aliphatic heterocycles. The van der Waals surface area contributed by atoms with Crippen LogP contribution in [0.25, 0.3) is 0 Å². The van der Waals surface area contributed by atoms with Gasteiger partial charge in [-0.05, 0) is 60.6 Å². The maximum atomic E-state index is 13.6. The van der Waals surface area contributed by atoms with Crippen LogP contribution in [0.2, 0.25) is 0 Å². The molecule has 0 aliphatic carbocycles.